The van der Waals surface area contributed by atoms with E-state index in [1.165, 1.54) is 0 Å². The van der Waals surface area contributed by atoms with Crippen LogP contribution in [0.2, 0.25) is 0 Å². The lowest BCUT2D eigenvalue weighted by atomic mass is 10.2. The van der Waals surface area contributed by atoms with E-state index in [-0.39, 0.29) is 11.9 Å². The van der Waals surface area contributed by atoms with E-state index in [1.807, 2.05) is 31.2 Å². The van der Waals surface area contributed by atoms with E-state index in [2.05, 4.69) is 78.6 Å². The summed E-state index contributed by atoms with van der Waals surface area (Å²) in [6.45, 7) is 4.08. The summed E-state index contributed by atoms with van der Waals surface area (Å²) in [7, 11) is 1.60. The Labute approximate surface area is 210 Å². The molecule has 1 amide bonds. The van der Waals surface area contributed by atoms with Crippen LogP contribution in [0, 0.1) is 7.14 Å². The van der Waals surface area contributed by atoms with E-state index in [9.17, 15) is 4.79 Å². The number of nitrogens with zero attached hydrogens (tertiary/aromatic N) is 1. The summed E-state index contributed by atoms with van der Waals surface area (Å²) in [4.78, 5) is 12.4. The van der Waals surface area contributed by atoms with Gasteiger partial charge in [0.25, 0.3) is 0 Å². The highest BCUT2D eigenvalue weighted by Crippen LogP contribution is 2.34. The van der Waals surface area contributed by atoms with Crippen molar-refractivity contribution in [2.45, 2.75) is 26.4 Å². The van der Waals surface area contributed by atoms with Gasteiger partial charge in [-0.05, 0) is 94.4 Å². The highest BCUT2D eigenvalue weighted by atomic mass is 127. The summed E-state index contributed by atoms with van der Waals surface area (Å²) in [6, 6.07) is 9.25. The molecule has 0 aliphatic carbocycles. The Bertz CT molecular complexity index is 1110. The lowest BCUT2D eigenvalue weighted by Crippen LogP contribution is -2.16. The van der Waals surface area contributed by atoms with Crippen molar-refractivity contribution in [2.75, 3.05) is 7.11 Å². The Hall–Kier alpha value is -1.34. The van der Waals surface area contributed by atoms with Crippen molar-refractivity contribution in [1.82, 2.24) is 5.43 Å². The van der Waals surface area contributed by atoms with Crippen LogP contribution in [0.1, 0.15) is 36.4 Å². The molecular formula is C21H19BrI2N2O4. The molecule has 0 unspecified atom stereocenters. The number of benzene rings is 2. The molecule has 0 aliphatic heterocycles. The number of ether oxygens (including phenoxy) is 2. The van der Waals surface area contributed by atoms with Crippen LogP contribution in [-0.4, -0.2) is 25.3 Å². The van der Waals surface area contributed by atoms with Crippen molar-refractivity contribution in [3.05, 3.63) is 53.3 Å². The van der Waals surface area contributed by atoms with Crippen molar-refractivity contribution in [2.24, 2.45) is 5.10 Å². The number of rotatable bonds is 7. The van der Waals surface area contributed by atoms with Gasteiger partial charge in [0.05, 0.1) is 26.6 Å². The summed E-state index contributed by atoms with van der Waals surface area (Å²) in [5.74, 6) is 1.10. The first-order chi connectivity index (χ1) is 14.3. The van der Waals surface area contributed by atoms with E-state index in [4.69, 9.17) is 13.9 Å². The summed E-state index contributed by atoms with van der Waals surface area (Å²) in [6.07, 6.45) is 2.53. The van der Waals surface area contributed by atoms with E-state index in [0.29, 0.717) is 17.1 Å². The van der Waals surface area contributed by atoms with Gasteiger partial charge in [0.1, 0.15) is 5.58 Å². The number of hydrogen-bond acceptors (Lipinski definition) is 5. The number of halogens is 3. The molecular weight excluding hydrogens is 678 g/mol. The Morgan fingerprint density at radius 2 is 2.03 bits per heavy atom. The van der Waals surface area contributed by atoms with Gasteiger partial charge in [0, 0.05) is 9.86 Å². The predicted octanol–water partition coefficient (Wildman–Crippen LogP) is 6.35. The summed E-state index contributed by atoms with van der Waals surface area (Å²) in [5.41, 5.74) is 3.95. The van der Waals surface area contributed by atoms with E-state index in [1.54, 1.807) is 19.4 Å². The number of fused-ring (bicyclic) bond motifs is 1. The van der Waals surface area contributed by atoms with Gasteiger partial charge in [-0.1, -0.05) is 22.9 Å². The van der Waals surface area contributed by atoms with Crippen LogP contribution in [0.3, 0.4) is 0 Å². The van der Waals surface area contributed by atoms with Crippen LogP contribution in [-0.2, 0) is 0 Å². The van der Waals surface area contributed by atoms with Gasteiger partial charge in [0.2, 0.25) is 0 Å². The molecule has 1 heterocycles. The monoisotopic (exact) mass is 696 g/mol. The molecule has 0 bridgehead atoms. The number of hydrogen-bond donors (Lipinski definition) is 1. The van der Waals surface area contributed by atoms with Crippen LogP contribution in [0.15, 0.2) is 44.3 Å². The zero-order chi connectivity index (χ0) is 21.8. The fraction of sp³-hybridized carbons (Fsp3) is 0.238. The molecule has 158 valence electrons. The van der Waals surface area contributed by atoms with Gasteiger partial charge in [0.15, 0.2) is 17.3 Å². The standard InChI is InChI=1S/C21H19BrI2N2O4/c1-4-11(2)29-20-15(23)5-12(6-17(20)28-3)10-25-26-21(27)18-8-13-7-14(22)9-16(24)19(13)30-18/h5-11H,4H2,1-3H3,(H,26,27)/b25-10-/t11-/m0/s1. The molecule has 1 aromatic heterocycles. The third-order valence-electron chi connectivity index (χ3n) is 4.28. The van der Waals surface area contributed by atoms with Crippen LogP contribution < -0.4 is 14.9 Å². The van der Waals surface area contributed by atoms with Gasteiger partial charge in [-0.25, -0.2) is 5.43 Å². The number of hydrazone groups is 1. The van der Waals surface area contributed by atoms with Gasteiger partial charge in [-0.2, -0.15) is 5.10 Å². The normalized spacial score (nSPS) is 12.3. The maximum absolute atomic E-state index is 12.4. The van der Waals surface area contributed by atoms with E-state index < -0.39 is 5.91 Å². The average molecular weight is 697 g/mol. The largest absolute Gasteiger partial charge is 0.493 e. The molecule has 1 N–H and O–H groups in total. The summed E-state index contributed by atoms with van der Waals surface area (Å²) < 4.78 is 19.8. The topological polar surface area (TPSA) is 73.1 Å². The first-order valence-electron chi connectivity index (χ1n) is 9.08. The second kappa shape index (κ2) is 10.3. The second-order valence-corrected chi connectivity index (χ2v) is 9.73. The smallest absolute Gasteiger partial charge is 0.307 e. The number of nitrogens with one attached hydrogen (secondary N) is 1. The molecule has 3 aromatic rings. The molecule has 9 heteroatoms. The molecule has 30 heavy (non-hydrogen) atoms. The van der Waals surface area contributed by atoms with E-state index >= 15 is 0 Å². The fourth-order valence-corrected chi connectivity index (χ4v) is 5.03. The van der Waals surface area contributed by atoms with Crippen LogP contribution in [0.4, 0.5) is 0 Å². The number of carbonyl (C=O) groups is 1. The molecule has 0 saturated heterocycles. The number of amides is 1. The number of furan rings is 1. The van der Waals surface area contributed by atoms with Gasteiger partial charge < -0.3 is 13.9 Å². The molecule has 2 aromatic carbocycles. The Balaban J connectivity index is 1.75. The summed E-state index contributed by atoms with van der Waals surface area (Å²) >= 11 is 7.82. The minimum absolute atomic E-state index is 0.0821. The Morgan fingerprint density at radius 3 is 2.73 bits per heavy atom. The first-order valence-corrected chi connectivity index (χ1v) is 12.0. The third kappa shape index (κ3) is 5.47. The van der Waals surface area contributed by atoms with Crippen molar-refractivity contribution in [1.29, 1.82) is 0 Å². The van der Waals surface area contributed by atoms with Crippen molar-refractivity contribution in [3.8, 4) is 11.5 Å². The van der Waals surface area contributed by atoms with Crippen molar-refractivity contribution in [3.63, 3.8) is 0 Å². The van der Waals surface area contributed by atoms with Crippen LogP contribution >= 0.6 is 61.1 Å². The molecule has 3 rings (SSSR count). The third-order valence-corrected chi connectivity index (χ3v) is 6.35. The lowest BCUT2D eigenvalue weighted by molar-refractivity contribution is 0.0929. The van der Waals surface area contributed by atoms with Crippen molar-refractivity contribution >= 4 is 84.2 Å². The molecule has 0 aliphatic rings. The van der Waals surface area contributed by atoms with Gasteiger partial charge in [-0.15, -0.1) is 0 Å². The predicted molar refractivity (Wildman–Crippen MR) is 138 cm³/mol. The zero-order valence-electron chi connectivity index (χ0n) is 16.5. The molecule has 6 nitrogen and oxygen atoms in total. The lowest BCUT2D eigenvalue weighted by Gasteiger charge is -2.17. The SMILES string of the molecule is CC[C@H](C)Oc1c(I)cc(/C=N\NC(=O)c2cc3cc(Br)cc(I)c3o2)cc1OC. The van der Waals surface area contributed by atoms with Crippen LogP contribution in [0.25, 0.3) is 11.0 Å². The van der Waals surface area contributed by atoms with E-state index in [0.717, 1.165) is 29.0 Å². The molecule has 0 spiro atoms. The minimum Gasteiger partial charge on any atom is -0.493 e. The quantitative estimate of drug-likeness (QED) is 0.178. The van der Waals surface area contributed by atoms with Crippen molar-refractivity contribution < 1.29 is 18.7 Å². The fourth-order valence-electron chi connectivity index (χ4n) is 2.62. The highest BCUT2D eigenvalue weighted by Gasteiger charge is 2.15. The Kier molecular flexibility index (Phi) is 8.02. The van der Waals surface area contributed by atoms with Gasteiger partial charge >= 0.3 is 5.91 Å². The maximum atomic E-state index is 12.4. The Morgan fingerprint density at radius 1 is 1.27 bits per heavy atom. The summed E-state index contributed by atoms with van der Waals surface area (Å²) in [5, 5.41) is 4.90. The van der Waals surface area contributed by atoms with Gasteiger partial charge in [-0.3, -0.25) is 4.79 Å². The first kappa shape index (κ1) is 23.3. The molecule has 1 atom stereocenters. The molecule has 0 saturated carbocycles. The maximum Gasteiger partial charge on any atom is 0.307 e. The molecule has 0 radical (unpaired) electrons. The second-order valence-electron chi connectivity index (χ2n) is 6.49. The number of carbonyl (C=O) groups excluding carboxylic acids is 1. The van der Waals surface area contributed by atoms with Crippen LogP contribution in [0.5, 0.6) is 11.5 Å². The zero-order valence-corrected chi connectivity index (χ0v) is 22.4. The number of methoxy groups -OCH3 is 1. The molecule has 0 fully saturated rings. The average Bonchev–Trinajstić information content (AvgIpc) is 3.14. The minimum atomic E-state index is -0.423. The highest BCUT2D eigenvalue weighted by molar-refractivity contribution is 14.1.